The number of allylic oxidation sites excluding steroid dienone is 2. The molecule has 0 aliphatic carbocycles. The summed E-state index contributed by atoms with van der Waals surface area (Å²) in [7, 11) is 2.25. The van der Waals surface area contributed by atoms with Crippen molar-refractivity contribution in [1.82, 2.24) is 0 Å². The van der Waals surface area contributed by atoms with Crippen LogP contribution in [0.25, 0.3) is 0 Å². The van der Waals surface area contributed by atoms with Gasteiger partial charge in [-0.05, 0) is 13.8 Å². The molecule has 0 N–H and O–H groups in total. The van der Waals surface area contributed by atoms with E-state index >= 15 is 0 Å². The summed E-state index contributed by atoms with van der Waals surface area (Å²) < 4.78 is 0. The summed E-state index contributed by atoms with van der Waals surface area (Å²) in [6.45, 7) is 8.59. The topological polar surface area (TPSA) is 0 Å². The van der Waals surface area contributed by atoms with Crippen LogP contribution in [0.3, 0.4) is 0 Å². The van der Waals surface area contributed by atoms with Crippen molar-refractivity contribution in [3.05, 3.63) is 11.0 Å². The van der Waals surface area contributed by atoms with Crippen molar-refractivity contribution in [3.63, 3.8) is 0 Å². The molecule has 0 spiro atoms. The Morgan fingerprint density at radius 2 is 1.75 bits per heavy atom. The number of hydrogen-bond donors (Lipinski definition) is 0. The molecule has 0 bridgehead atoms. The van der Waals surface area contributed by atoms with Crippen LogP contribution in [0.1, 0.15) is 27.7 Å². The van der Waals surface area contributed by atoms with Gasteiger partial charge >= 0.3 is 0 Å². The maximum atomic E-state index is 2.25. The largest absolute Gasteiger partial charge is 0.145 e. The summed E-state index contributed by atoms with van der Waals surface area (Å²) in [5.41, 5.74) is 2.85. The van der Waals surface area contributed by atoms with Gasteiger partial charge in [-0.15, -0.1) is 5.47 Å². The highest BCUT2D eigenvalue weighted by molar-refractivity contribution is 6.45. The molecule has 1 radical (unpaired) electrons. The van der Waals surface area contributed by atoms with Crippen LogP contribution in [0.15, 0.2) is 11.0 Å². The summed E-state index contributed by atoms with van der Waals surface area (Å²) in [5, 5.41) is 0. The third kappa shape index (κ3) is 2.89. The second kappa shape index (κ2) is 3.76. The van der Waals surface area contributed by atoms with Crippen LogP contribution in [-0.2, 0) is 0 Å². The molecule has 1 heteroatoms. The minimum absolute atomic E-state index is 1.15. The Labute approximate surface area is 53.2 Å². The summed E-state index contributed by atoms with van der Waals surface area (Å²) in [6, 6.07) is 0. The van der Waals surface area contributed by atoms with Crippen molar-refractivity contribution in [1.29, 1.82) is 0 Å². The molecule has 0 rings (SSSR count). The van der Waals surface area contributed by atoms with E-state index in [0.29, 0.717) is 0 Å². The summed E-state index contributed by atoms with van der Waals surface area (Å²) in [5.74, 6) is 0. The first-order chi connectivity index (χ1) is 3.68. The van der Waals surface area contributed by atoms with E-state index in [9.17, 15) is 0 Å². The average Bonchev–Trinajstić information content (AvgIpc) is 1.67. The molecule has 0 aromatic rings. The van der Waals surface area contributed by atoms with Gasteiger partial charge in [0.15, 0.2) is 0 Å². The Morgan fingerprint density at radius 3 is 1.88 bits per heavy atom. The predicted octanol–water partition coefficient (Wildman–Crippen LogP) is 2.44. The zero-order valence-corrected chi connectivity index (χ0v) is 6.28. The summed E-state index contributed by atoms with van der Waals surface area (Å²) >= 11 is 0. The molecular weight excluding hydrogens is 94.9 g/mol. The van der Waals surface area contributed by atoms with Crippen LogP contribution >= 0.6 is 0 Å². The zero-order chi connectivity index (χ0) is 6.57. The van der Waals surface area contributed by atoms with E-state index < -0.39 is 0 Å². The van der Waals surface area contributed by atoms with Gasteiger partial charge in [0, 0.05) is 0 Å². The first-order valence-electron chi connectivity index (χ1n) is 3.15. The average molecular weight is 109 g/mol. The highest BCUT2D eigenvalue weighted by Crippen LogP contribution is 2.00. The standard InChI is InChI=1S/C7H14B/c1-5-8-7(4)6(2)3/h5H2,1-4H3. The van der Waals surface area contributed by atoms with Gasteiger partial charge in [0.05, 0.1) is 0 Å². The van der Waals surface area contributed by atoms with Crippen molar-refractivity contribution in [2.24, 2.45) is 0 Å². The third-order valence-electron chi connectivity index (χ3n) is 1.30. The monoisotopic (exact) mass is 109 g/mol. The van der Waals surface area contributed by atoms with Crippen LogP contribution in [0, 0.1) is 0 Å². The fourth-order valence-electron chi connectivity index (χ4n) is 0.510. The van der Waals surface area contributed by atoms with Gasteiger partial charge < -0.3 is 0 Å². The van der Waals surface area contributed by atoms with Crippen LogP contribution in [0.4, 0.5) is 0 Å². The van der Waals surface area contributed by atoms with Gasteiger partial charge in [-0.1, -0.05) is 25.7 Å². The van der Waals surface area contributed by atoms with Crippen molar-refractivity contribution in [3.8, 4) is 0 Å². The van der Waals surface area contributed by atoms with Crippen molar-refractivity contribution in [2.75, 3.05) is 0 Å². The van der Waals surface area contributed by atoms with E-state index in [1.54, 1.807) is 0 Å². The van der Waals surface area contributed by atoms with Crippen LogP contribution < -0.4 is 0 Å². The molecule has 0 amide bonds. The van der Waals surface area contributed by atoms with Crippen LogP contribution in [0.5, 0.6) is 0 Å². The lowest BCUT2D eigenvalue weighted by molar-refractivity contribution is 1.32. The Hall–Kier alpha value is -0.195. The molecule has 0 unspecified atom stereocenters. The van der Waals surface area contributed by atoms with Gasteiger partial charge in [0.2, 0.25) is 0 Å². The normalized spacial score (nSPS) is 8.50. The highest BCUT2D eigenvalue weighted by atomic mass is 13.8. The first kappa shape index (κ1) is 7.80. The Bertz CT molecular complexity index is 88.6. The van der Waals surface area contributed by atoms with Gasteiger partial charge in [0.25, 0.3) is 0 Å². The van der Waals surface area contributed by atoms with E-state index in [1.165, 1.54) is 11.0 Å². The lowest BCUT2D eigenvalue weighted by Crippen LogP contribution is -1.90. The van der Waals surface area contributed by atoms with E-state index in [4.69, 9.17) is 0 Å². The molecule has 0 fully saturated rings. The van der Waals surface area contributed by atoms with Gasteiger partial charge in [-0.2, -0.15) is 0 Å². The smallest absolute Gasteiger partial charge is 0.113 e. The van der Waals surface area contributed by atoms with Crippen molar-refractivity contribution >= 4 is 7.28 Å². The third-order valence-corrected chi connectivity index (χ3v) is 1.30. The van der Waals surface area contributed by atoms with E-state index in [2.05, 4.69) is 35.0 Å². The molecule has 0 nitrogen and oxygen atoms in total. The molecule has 0 aliphatic heterocycles. The lowest BCUT2D eigenvalue weighted by Gasteiger charge is -1.96. The van der Waals surface area contributed by atoms with E-state index in [-0.39, 0.29) is 0 Å². The van der Waals surface area contributed by atoms with Crippen LogP contribution in [0.2, 0.25) is 6.32 Å². The molecule has 0 atom stereocenters. The minimum atomic E-state index is 1.15. The molecule has 0 aromatic carbocycles. The molecule has 0 saturated heterocycles. The fraction of sp³-hybridized carbons (Fsp3) is 0.714. The summed E-state index contributed by atoms with van der Waals surface area (Å²) in [4.78, 5) is 0. The molecule has 0 aromatic heterocycles. The van der Waals surface area contributed by atoms with E-state index in [0.717, 1.165) is 6.32 Å². The van der Waals surface area contributed by atoms with Gasteiger partial charge in [-0.3, -0.25) is 0 Å². The zero-order valence-electron chi connectivity index (χ0n) is 6.28. The van der Waals surface area contributed by atoms with Crippen molar-refractivity contribution < 1.29 is 0 Å². The maximum absolute atomic E-state index is 2.25. The molecule has 0 saturated carbocycles. The lowest BCUT2D eigenvalue weighted by atomic mass is 9.66. The van der Waals surface area contributed by atoms with Gasteiger partial charge in [-0.25, -0.2) is 0 Å². The predicted molar refractivity (Wildman–Crippen MR) is 40.3 cm³/mol. The Kier molecular flexibility index (Phi) is 3.67. The second-order valence-corrected chi connectivity index (χ2v) is 2.30. The summed E-state index contributed by atoms with van der Waals surface area (Å²) in [6.07, 6.45) is 1.15. The maximum Gasteiger partial charge on any atom is 0.145 e. The SMILES string of the molecule is CC[B]C(C)=C(C)C. The van der Waals surface area contributed by atoms with Gasteiger partial charge in [0.1, 0.15) is 7.28 Å². The number of rotatable bonds is 2. The highest BCUT2D eigenvalue weighted by Gasteiger charge is 1.89. The molecule has 0 heterocycles. The molecule has 8 heavy (non-hydrogen) atoms. The Balaban J connectivity index is 3.62. The second-order valence-electron chi connectivity index (χ2n) is 2.30. The fourth-order valence-corrected chi connectivity index (χ4v) is 0.510. The molecule has 45 valence electrons. The van der Waals surface area contributed by atoms with E-state index in [1.807, 2.05) is 0 Å². The first-order valence-corrected chi connectivity index (χ1v) is 3.15. The number of hydrogen-bond acceptors (Lipinski definition) is 0. The minimum Gasteiger partial charge on any atom is -0.113 e. The van der Waals surface area contributed by atoms with Crippen LogP contribution in [-0.4, -0.2) is 7.28 Å². The molecule has 0 aliphatic rings. The van der Waals surface area contributed by atoms with Crippen molar-refractivity contribution in [2.45, 2.75) is 34.0 Å². The molecular formula is C7H14B. The Morgan fingerprint density at radius 1 is 1.25 bits per heavy atom. The quantitative estimate of drug-likeness (QED) is 0.477.